The van der Waals surface area contributed by atoms with Crippen LogP contribution in [0.5, 0.6) is 0 Å². The molecule has 1 rings (SSSR count). The van der Waals surface area contributed by atoms with E-state index in [1.807, 2.05) is 44.2 Å². The average Bonchev–Trinajstić information content (AvgIpc) is 2.35. The summed E-state index contributed by atoms with van der Waals surface area (Å²) in [4.78, 5) is 11.9. The van der Waals surface area contributed by atoms with Crippen molar-refractivity contribution in [2.24, 2.45) is 11.7 Å². The monoisotopic (exact) mass is 250 g/mol. The van der Waals surface area contributed by atoms with Crippen LogP contribution in [-0.2, 0) is 4.79 Å². The molecule has 0 radical (unpaired) electrons. The topological polar surface area (TPSA) is 75.4 Å². The van der Waals surface area contributed by atoms with Crippen molar-refractivity contribution in [2.45, 2.75) is 32.4 Å². The van der Waals surface area contributed by atoms with Crippen LogP contribution >= 0.6 is 0 Å². The summed E-state index contributed by atoms with van der Waals surface area (Å²) in [5, 5.41) is 12.1. The number of nitrogens with two attached hydrogens (primary N) is 1. The predicted octanol–water partition coefficient (Wildman–Crippen LogP) is 1.21. The van der Waals surface area contributed by atoms with Crippen LogP contribution in [0, 0.1) is 5.92 Å². The molecule has 0 heterocycles. The maximum Gasteiger partial charge on any atom is 0.237 e. The van der Waals surface area contributed by atoms with Crippen molar-refractivity contribution < 1.29 is 9.90 Å². The Hall–Kier alpha value is -1.39. The fourth-order valence-corrected chi connectivity index (χ4v) is 1.81. The molecule has 1 unspecified atom stereocenters. The maximum atomic E-state index is 11.9. The molecule has 100 valence electrons. The molecule has 0 saturated heterocycles. The summed E-state index contributed by atoms with van der Waals surface area (Å²) in [5.74, 6) is 0.154. The quantitative estimate of drug-likeness (QED) is 0.710. The summed E-state index contributed by atoms with van der Waals surface area (Å²) in [5.41, 5.74) is 6.69. The Morgan fingerprint density at radius 3 is 2.44 bits per heavy atom. The third-order valence-electron chi connectivity index (χ3n) is 2.76. The second kappa shape index (κ2) is 7.13. The summed E-state index contributed by atoms with van der Waals surface area (Å²) >= 11 is 0. The standard InChI is InChI=1S/C14H22N2O2/c1-10(2)8-12(15)14(18)16-13(9-17)11-6-4-3-5-7-11/h3-7,10,12-13,17H,8-9,15H2,1-2H3,(H,16,18)/t12?,13-/m0/s1. The van der Waals surface area contributed by atoms with E-state index in [1.165, 1.54) is 0 Å². The van der Waals surface area contributed by atoms with E-state index in [0.717, 1.165) is 5.56 Å². The van der Waals surface area contributed by atoms with Crippen LogP contribution in [0.4, 0.5) is 0 Å². The average molecular weight is 250 g/mol. The maximum absolute atomic E-state index is 11.9. The van der Waals surface area contributed by atoms with Crippen molar-refractivity contribution in [3.8, 4) is 0 Å². The first-order valence-electron chi connectivity index (χ1n) is 6.26. The lowest BCUT2D eigenvalue weighted by molar-refractivity contribution is -0.123. The first-order valence-corrected chi connectivity index (χ1v) is 6.26. The third kappa shape index (κ3) is 4.47. The van der Waals surface area contributed by atoms with E-state index in [-0.39, 0.29) is 12.5 Å². The molecule has 4 N–H and O–H groups in total. The van der Waals surface area contributed by atoms with Gasteiger partial charge in [-0.1, -0.05) is 44.2 Å². The lowest BCUT2D eigenvalue weighted by atomic mass is 10.0. The van der Waals surface area contributed by atoms with E-state index in [4.69, 9.17) is 5.73 Å². The van der Waals surface area contributed by atoms with Crippen molar-refractivity contribution in [3.63, 3.8) is 0 Å². The molecule has 0 aliphatic heterocycles. The summed E-state index contributed by atoms with van der Waals surface area (Å²) in [7, 11) is 0. The van der Waals surface area contributed by atoms with Crippen LogP contribution in [0.3, 0.4) is 0 Å². The SMILES string of the molecule is CC(C)CC(N)C(=O)N[C@@H](CO)c1ccccc1. The Balaban J connectivity index is 2.61. The van der Waals surface area contributed by atoms with Gasteiger partial charge < -0.3 is 16.2 Å². The number of aliphatic hydroxyl groups excluding tert-OH is 1. The number of carbonyl (C=O) groups excluding carboxylic acids is 1. The Labute approximate surface area is 108 Å². The molecular formula is C14H22N2O2. The molecule has 0 fully saturated rings. The lowest BCUT2D eigenvalue weighted by Crippen LogP contribution is -2.43. The zero-order chi connectivity index (χ0) is 13.5. The highest BCUT2D eigenvalue weighted by molar-refractivity contribution is 5.81. The van der Waals surface area contributed by atoms with Gasteiger partial charge in [-0.2, -0.15) is 0 Å². The van der Waals surface area contributed by atoms with Crippen molar-refractivity contribution in [1.29, 1.82) is 0 Å². The van der Waals surface area contributed by atoms with Crippen LogP contribution in [0.25, 0.3) is 0 Å². The van der Waals surface area contributed by atoms with Crippen molar-refractivity contribution >= 4 is 5.91 Å². The minimum absolute atomic E-state index is 0.135. The highest BCUT2D eigenvalue weighted by atomic mass is 16.3. The normalized spacial score (nSPS) is 14.3. The summed E-state index contributed by atoms with van der Waals surface area (Å²) in [6, 6.07) is 8.46. The second-order valence-corrected chi connectivity index (χ2v) is 4.89. The van der Waals surface area contributed by atoms with Gasteiger partial charge in [0.15, 0.2) is 0 Å². The Kier molecular flexibility index (Phi) is 5.82. The fraction of sp³-hybridized carbons (Fsp3) is 0.500. The summed E-state index contributed by atoms with van der Waals surface area (Å²) in [6.07, 6.45) is 0.638. The first-order chi connectivity index (χ1) is 8.54. The smallest absolute Gasteiger partial charge is 0.237 e. The molecule has 1 amide bonds. The van der Waals surface area contributed by atoms with Gasteiger partial charge in [0.25, 0.3) is 0 Å². The Bertz CT molecular complexity index is 365. The van der Waals surface area contributed by atoms with Crippen LogP contribution in [0.2, 0.25) is 0 Å². The van der Waals surface area contributed by atoms with Crippen LogP contribution < -0.4 is 11.1 Å². The highest BCUT2D eigenvalue weighted by Crippen LogP contribution is 2.12. The van der Waals surface area contributed by atoms with Crippen LogP contribution in [0.1, 0.15) is 31.9 Å². The van der Waals surface area contributed by atoms with Gasteiger partial charge in [0.05, 0.1) is 18.7 Å². The molecule has 1 aromatic rings. The van der Waals surface area contributed by atoms with E-state index < -0.39 is 12.1 Å². The lowest BCUT2D eigenvalue weighted by Gasteiger charge is -2.20. The van der Waals surface area contributed by atoms with Gasteiger partial charge in [-0.25, -0.2) is 0 Å². The number of aliphatic hydroxyl groups is 1. The third-order valence-corrected chi connectivity index (χ3v) is 2.76. The zero-order valence-corrected chi connectivity index (χ0v) is 11.0. The number of hydrogen-bond acceptors (Lipinski definition) is 3. The molecule has 0 aliphatic rings. The number of carbonyl (C=O) groups is 1. The molecule has 1 aromatic carbocycles. The summed E-state index contributed by atoms with van der Waals surface area (Å²) < 4.78 is 0. The van der Waals surface area contributed by atoms with Gasteiger partial charge in [-0.15, -0.1) is 0 Å². The van der Waals surface area contributed by atoms with Crippen molar-refractivity contribution in [1.82, 2.24) is 5.32 Å². The first kappa shape index (κ1) is 14.7. The number of nitrogens with one attached hydrogen (secondary N) is 1. The van der Waals surface area contributed by atoms with Crippen LogP contribution in [0.15, 0.2) is 30.3 Å². The Morgan fingerprint density at radius 2 is 1.94 bits per heavy atom. The molecule has 0 bridgehead atoms. The molecular weight excluding hydrogens is 228 g/mol. The molecule has 2 atom stereocenters. The number of benzene rings is 1. The number of rotatable bonds is 6. The molecule has 0 aliphatic carbocycles. The van der Waals surface area contributed by atoms with E-state index in [2.05, 4.69) is 5.32 Å². The van der Waals surface area contributed by atoms with E-state index in [9.17, 15) is 9.90 Å². The van der Waals surface area contributed by atoms with E-state index in [0.29, 0.717) is 12.3 Å². The minimum atomic E-state index is -0.525. The van der Waals surface area contributed by atoms with Crippen LogP contribution in [-0.4, -0.2) is 23.7 Å². The molecule has 0 spiro atoms. The molecule has 4 heteroatoms. The molecule has 0 aromatic heterocycles. The van der Waals surface area contributed by atoms with Gasteiger partial charge in [0, 0.05) is 0 Å². The minimum Gasteiger partial charge on any atom is -0.394 e. The fourth-order valence-electron chi connectivity index (χ4n) is 1.81. The van der Waals surface area contributed by atoms with E-state index in [1.54, 1.807) is 0 Å². The molecule has 0 saturated carbocycles. The summed E-state index contributed by atoms with van der Waals surface area (Å²) in [6.45, 7) is 3.91. The second-order valence-electron chi connectivity index (χ2n) is 4.89. The Morgan fingerprint density at radius 1 is 1.33 bits per heavy atom. The van der Waals surface area contributed by atoms with Gasteiger partial charge in [0.2, 0.25) is 5.91 Å². The van der Waals surface area contributed by atoms with E-state index >= 15 is 0 Å². The zero-order valence-electron chi connectivity index (χ0n) is 11.0. The number of hydrogen-bond donors (Lipinski definition) is 3. The van der Waals surface area contributed by atoms with Crippen molar-refractivity contribution in [3.05, 3.63) is 35.9 Å². The number of amides is 1. The van der Waals surface area contributed by atoms with Gasteiger partial charge >= 0.3 is 0 Å². The van der Waals surface area contributed by atoms with Gasteiger partial charge in [-0.3, -0.25) is 4.79 Å². The molecule has 4 nitrogen and oxygen atoms in total. The largest absolute Gasteiger partial charge is 0.394 e. The molecule has 18 heavy (non-hydrogen) atoms. The van der Waals surface area contributed by atoms with Gasteiger partial charge in [0.1, 0.15) is 0 Å². The van der Waals surface area contributed by atoms with Crippen molar-refractivity contribution in [2.75, 3.05) is 6.61 Å². The highest BCUT2D eigenvalue weighted by Gasteiger charge is 2.19. The predicted molar refractivity (Wildman–Crippen MR) is 71.8 cm³/mol. The van der Waals surface area contributed by atoms with Gasteiger partial charge in [-0.05, 0) is 17.9 Å².